The fraction of sp³-hybridized carbons (Fsp3) is 0.500. The molecule has 0 saturated carbocycles. The van der Waals surface area contributed by atoms with Gasteiger partial charge in [-0.3, -0.25) is 19.2 Å². The molecular formula is C8H12N2O6. The minimum Gasteiger partial charge on any atom is -0.481 e. The fourth-order valence-electron chi connectivity index (χ4n) is 0.726. The number of hydrogen-bond donors (Lipinski definition) is 4. The molecule has 0 aliphatic carbocycles. The third-order valence-electron chi connectivity index (χ3n) is 1.46. The third-order valence-corrected chi connectivity index (χ3v) is 1.46. The predicted octanol–water partition coefficient (Wildman–Crippen LogP) is -1.83. The number of aliphatic carboxylic acids is 2. The van der Waals surface area contributed by atoms with Crippen molar-refractivity contribution in [3.05, 3.63) is 0 Å². The molecule has 16 heavy (non-hydrogen) atoms. The Morgan fingerprint density at radius 3 is 1.31 bits per heavy atom. The van der Waals surface area contributed by atoms with E-state index in [1.807, 2.05) is 0 Å². The zero-order valence-corrected chi connectivity index (χ0v) is 8.36. The highest BCUT2D eigenvalue weighted by Crippen LogP contribution is 1.78. The smallest absolute Gasteiger partial charge is 0.309 e. The zero-order valence-electron chi connectivity index (χ0n) is 8.36. The van der Waals surface area contributed by atoms with E-state index in [1.165, 1.54) is 0 Å². The van der Waals surface area contributed by atoms with Crippen LogP contribution in [-0.2, 0) is 19.2 Å². The van der Waals surface area contributed by atoms with Crippen molar-refractivity contribution < 1.29 is 29.4 Å². The quantitative estimate of drug-likeness (QED) is 0.398. The first-order chi connectivity index (χ1) is 7.43. The van der Waals surface area contributed by atoms with Crippen LogP contribution in [0.5, 0.6) is 0 Å². The number of amides is 2. The van der Waals surface area contributed by atoms with Crippen molar-refractivity contribution in [1.29, 1.82) is 0 Å². The summed E-state index contributed by atoms with van der Waals surface area (Å²) in [6, 6.07) is 0. The summed E-state index contributed by atoms with van der Waals surface area (Å²) in [5, 5.41) is 20.6. The lowest BCUT2D eigenvalue weighted by Gasteiger charge is -2.03. The maximum absolute atomic E-state index is 10.9. The molecule has 0 heterocycles. The number of rotatable bonds is 6. The van der Waals surface area contributed by atoms with Crippen molar-refractivity contribution in [3.8, 4) is 0 Å². The first kappa shape index (κ1) is 13.9. The van der Waals surface area contributed by atoms with Crippen LogP contribution in [0.25, 0.3) is 0 Å². The van der Waals surface area contributed by atoms with Gasteiger partial charge in [0.05, 0.1) is 12.8 Å². The molecule has 0 saturated heterocycles. The molecule has 0 aromatic rings. The molecule has 0 rings (SSSR count). The zero-order chi connectivity index (χ0) is 12.6. The van der Waals surface area contributed by atoms with Gasteiger partial charge in [-0.05, 0) is 0 Å². The van der Waals surface area contributed by atoms with E-state index in [9.17, 15) is 19.2 Å². The Morgan fingerprint density at radius 1 is 0.750 bits per heavy atom. The molecule has 4 N–H and O–H groups in total. The summed E-state index contributed by atoms with van der Waals surface area (Å²) in [7, 11) is 0. The molecule has 8 heteroatoms. The molecule has 0 atom stereocenters. The van der Waals surface area contributed by atoms with Crippen LogP contribution in [0.3, 0.4) is 0 Å². The second kappa shape index (κ2) is 7.21. The molecule has 8 nitrogen and oxygen atoms in total. The molecule has 0 unspecified atom stereocenters. The van der Waals surface area contributed by atoms with Crippen LogP contribution in [0, 0.1) is 0 Å². The standard InChI is InChI=1S/C8H12N2O6/c11-5(12)1-3-9-7(15)8(16)10-4-2-6(13)14/h1-4H2,(H,9,15)(H,10,16)(H,11,12)(H,13,14). The molecular weight excluding hydrogens is 220 g/mol. The minimum absolute atomic E-state index is 0.152. The lowest BCUT2D eigenvalue weighted by Crippen LogP contribution is -2.41. The van der Waals surface area contributed by atoms with Crippen LogP contribution in [0.4, 0.5) is 0 Å². The van der Waals surface area contributed by atoms with Gasteiger partial charge >= 0.3 is 23.8 Å². The van der Waals surface area contributed by atoms with Gasteiger partial charge in [0.1, 0.15) is 0 Å². The molecule has 0 radical (unpaired) electrons. The van der Waals surface area contributed by atoms with E-state index in [4.69, 9.17) is 10.2 Å². The van der Waals surface area contributed by atoms with Crippen LogP contribution < -0.4 is 10.6 Å². The number of nitrogens with one attached hydrogen (secondary N) is 2. The molecule has 2 amide bonds. The van der Waals surface area contributed by atoms with Crippen molar-refractivity contribution in [2.24, 2.45) is 0 Å². The summed E-state index contributed by atoms with van der Waals surface area (Å²) in [4.78, 5) is 42.0. The van der Waals surface area contributed by atoms with Crippen molar-refractivity contribution in [2.75, 3.05) is 13.1 Å². The fourth-order valence-corrected chi connectivity index (χ4v) is 0.726. The summed E-state index contributed by atoms with van der Waals surface area (Å²) >= 11 is 0. The molecule has 0 aliphatic rings. The van der Waals surface area contributed by atoms with Gasteiger partial charge in [-0.25, -0.2) is 0 Å². The van der Waals surface area contributed by atoms with E-state index in [1.54, 1.807) is 0 Å². The highest BCUT2D eigenvalue weighted by atomic mass is 16.4. The number of carboxylic acids is 2. The molecule has 0 aliphatic heterocycles. The second-order valence-corrected chi connectivity index (χ2v) is 2.80. The summed E-state index contributed by atoms with van der Waals surface area (Å²) < 4.78 is 0. The van der Waals surface area contributed by atoms with Gasteiger partial charge in [0.25, 0.3) is 0 Å². The lowest BCUT2D eigenvalue weighted by atomic mass is 10.4. The Morgan fingerprint density at radius 2 is 1.06 bits per heavy atom. The van der Waals surface area contributed by atoms with Gasteiger partial charge in [0.15, 0.2) is 0 Å². The van der Waals surface area contributed by atoms with E-state index >= 15 is 0 Å². The Balaban J connectivity index is 3.69. The van der Waals surface area contributed by atoms with Gasteiger partial charge in [-0.1, -0.05) is 0 Å². The van der Waals surface area contributed by atoms with E-state index in [0.717, 1.165) is 0 Å². The summed E-state index contributed by atoms with van der Waals surface area (Å²) in [6.07, 6.45) is -0.567. The molecule has 0 bridgehead atoms. The van der Waals surface area contributed by atoms with Crippen LogP contribution in [0.15, 0.2) is 0 Å². The van der Waals surface area contributed by atoms with Crippen molar-refractivity contribution in [2.45, 2.75) is 12.8 Å². The maximum Gasteiger partial charge on any atom is 0.309 e. The van der Waals surface area contributed by atoms with Gasteiger partial charge in [-0.2, -0.15) is 0 Å². The van der Waals surface area contributed by atoms with Crippen molar-refractivity contribution in [3.63, 3.8) is 0 Å². The van der Waals surface area contributed by atoms with E-state index < -0.39 is 23.8 Å². The Hall–Kier alpha value is -2.12. The molecule has 0 spiro atoms. The highest BCUT2D eigenvalue weighted by molar-refractivity contribution is 6.35. The van der Waals surface area contributed by atoms with E-state index in [-0.39, 0.29) is 25.9 Å². The maximum atomic E-state index is 10.9. The van der Waals surface area contributed by atoms with E-state index in [2.05, 4.69) is 10.6 Å². The Labute approximate surface area is 90.6 Å². The number of carbonyl (C=O) groups is 4. The predicted molar refractivity (Wildman–Crippen MR) is 50.5 cm³/mol. The largest absolute Gasteiger partial charge is 0.481 e. The number of hydrogen-bond acceptors (Lipinski definition) is 4. The van der Waals surface area contributed by atoms with Gasteiger partial charge in [0.2, 0.25) is 0 Å². The first-order valence-electron chi connectivity index (χ1n) is 4.43. The minimum atomic E-state index is -1.09. The van der Waals surface area contributed by atoms with Crippen LogP contribution in [0.1, 0.15) is 12.8 Å². The second-order valence-electron chi connectivity index (χ2n) is 2.80. The number of carboxylic acid groups (broad SMARTS) is 2. The lowest BCUT2D eigenvalue weighted by molar-refractivity contribution is -0.141. The van der Waals surface area contributed by atoms with Crippen molar-refractivity contribution >= 4 is 23.8 Å². The molecule has 0 aromatic heterocycles. The van der Waals surface area contributed by atoms with Crippen molar-refractivity contribution in [1.82, 2.24) is 10.6 Å². The highest BCUT2D eigenvalue weighted by Gasteiger charge is 2.12. The average Bonchev–Trinajstić information content (AvgIpc) is 2.16. The Bertz CT molecular complexity index is 271. The average molecular weight is 232 g/mol. The monoisotopic (exact) mass is 232 g/mol. The van der Waals surface area contributed by atoms with Gasteiger partial charge < -0.3 is 20.8 Å². The third kappa shape index (κ3) is 7.30. The molecule has 0 aromatic carbocycles. The van der Waals surface area contributed by atoms with Gasteiger partial charge in [-0.15, -0.1) is 0 Å². The van der Waals surface area contributed by atoms with Gasteiger partial charge in [0, 0.05) is 13.1 Å². The SMILES string of the molecule is O=C(O)CCNC(=O)C(=O)NCCC(=O)O. The van der Waals surface area contributed by atoms with Crippen LogP contribution in [0.2, 0.25) is 0 Å². The molecule has 0 fully saturated rings. The Kier molecular flexibility index (Phi) is 6.25. The summed E-state index contributed by atoms with van der Waals surface area (Å²) in [5.74, 6) is -4.14. The van der Waals surface area contributed by atoms with Crippen LogP contribution >= 0.6 is 0 Å². The molecule has 90 valence electrons. The normalized spacial score (nSPS) is 9.25. The van der Waals surface area contributed by atoms with Crippen LogP contribution in [-0.4, -0.2) is 47.1 Å². The van der Waals surface area contributed by atoms with E-state index in [0.29, 0.717) is 0 Å². The first-order valence-corrected chi connectivity index (χ1v) is 4.43. The summed E-state index contributed by atoms with van der Waals surface area (Å²) in [6.45, 7) is -0.305. The number of carbonyl (C=O) groups excluding carboxylic acids is 2. The summed E-state index contributed by atoms with van der Waals surface area (Å²) in [5.41, 5.74) is 0. The topological polar surface area (TPSA) is 133 Å².